The van der Waals surface area contributed by atoms with Gasteiger partial charge in [0.05, 0.1) is 16.6 Å². The Morgan fingerprint density at radius 3 is 2.43 bits per heavy atom. The van der Waals surface area contributed by atoms with Crippen LogP contribution in [-0.4, -0.2) is 15.1 Å². The van der Waals surface area contributed by atoms with Crippen molar-refractivity contribution in [2.45, 2.75) is 6.18 Å². The summed E-state index contributed by atoms with van der Waals surface area (Å²) in [5.41, 5.74) is -0.672. The fourth-order valence-corrected chi connectivity index (χ4v) is 2.27. The summed E-state index contributed by atoms with van der Waals surface area (Å²) in [4.78, 5) is 16.2. The van der Waals surface area contributed by atoms with Crippen LogP contribution < -0.4 is 5.69 Å². The number of imidazole rings is 1. The zero-order chi connectivity index (χ0) is 15.2. The molecule has 4 nitrogen and oxygen atoms in total. The molecule has 0 saturated heterocycles. The molecule has 0 aliphatic carbocycles. The van der Waals surface area contributed by atoms with Crippen LogP contribution in [0.4, 0.5) is 13.2 Å². The van der Waals surface area contributed by atoms with E-state index in [-0.39, 0.29) is 11.1 Å². The third-order valence-electron chi connectivity index (χ3n) is 3.15. The van der Waals surface area contributed by atoms with Gasteiger partial charge in [0.15, 0.2) is 0 Å². The molecule has 3 rings (SSSR count). The second kappa shape index (κ2) is 4.41. The number of phenols is 1. The van der Waals surface area contributed by atoms with Gasteiger partial charge in [0, 0.05) is 5.56 Å². The first-order valence-electron chi connectivity index (χ1n) is 5.98. The Morgan fingerprint density at radius 1 is 1.00 bits per heavy atom. The minimum absolute atomic E-state index is 0.170. The third kappa shape index (κ3) is 2.26. The lowest BCUT2D eigenvalue weighted by Gasteiger charge is -2.14. The molecular weight excluding hydrogens is 285 g/mol. The molecule has 0 aliphatic rings. The summed E-state index contributed by atoms with van der Waals surface area (Å²) in [6, 6.07) is 7.51. The van der Waals surface area contributed by atoms with Gasteiger partial charge in [-0.2, -0.15) is 13.2 Å². The molecule has 21 heavy (non-hydrogen) atoms. The van der Waals surface area contributed by atoms with Crippen molar-refractivity contribution in [3.8, 4) is 16.9 Å². The summed E-state index contributed by atoms with van der Waals surface area (Å²) in [7, 11) is 0. The Kier molecular flexibility index (Phi) is 2.79. The topological polar surface area (TPSA) is 68.9 Å². The molecule has 0 spiro atoms. The van der Waals surface area contributed by atoms with Gasteiger partial charge in [0.25, 0.3) is 0 Å². The van der Waals surface area contributed by atoms with Gasteiger partial charge in [-0.1, -0.05) is 12.1 Å². The number of nitrogens with one attached hydrogen (secondary N) is 2. The van der Waals surface area contributed by atoms with Gasteiger partial charge in [-0.3, -0.25) is 0 Å². The Balaban J connectivity index is 2.29. The first-order valence-corrected chi connectivity index (χ1v) is 5.98. The molecule has 3 N–H and O–H groups in total. The zero-order valence-electron chi connectivity index (χ0n) is 10.5. The summed E-state index contributed by atoms with van der Waals surface area (Å²) < 4.78 is 39.2. The van der Waals surface area contributed by atoms with Gasteiger partial charge in [-0.05, 0) is 29.8 Å². The van der Waals surface area contributed by atoms with Crippen LogP contribution in [0.5, 0.6) is 5.75 Å². The van der Waals surface area contributed by atoms with E-state index in [9.17, 15) is 23.1 Å². The summed E-state index contributed by atoms with van der Waals surface area (Å²) in [6.45, 7) is 0. The smallest absolute Gasteiger partial charge is 0.417 e. The second-order valence-electron chi connectivity index (χ2n) is 4.54. The fourth-order valence-electron chi connectivity index (χ4n) is 2.27. The van der Waals surface area contributed by atoms with Crippen LogP contribution in [0.25, 0.3) is 22.2 Å². The highest BCUT2D eigenvalue weighted by Gasteiger charge is 2.34. The lowest BCUT2D eigenvalue weighted by atomic mass is 9.98. The molecule has 2 aromatic carbocycles. The Morgan fingerprint density at radius 2 is 1.71 bits per heavy atom. The molecule has 0 bridgehead atoms. The minimum Gasteiger partial charge on any atom is -0.507 e. The summed E-state index contributed by atoms with van der Waals surface area (Å²) in [5, 5.41) is 9.81. The maximum Gasteiger partial charge on any atom is 0.417 e. The van der Waals surface area contributed by atoms with E-state index >= 15 is 0 Å². The van der Waals surface area contributed by atoms with Crippen molar-refractivity contribution < 1.29 is 18.3 Å². The van der Waals surface area contributed by atoms with Crippen LogP contribution in [0.3, 0.4) is 0 Å². The maximum atomic E-state index is 13.1. The van der Waals surface area contributed by atoms with E-state index in [1.165, 1.54) is 24.3 Å². The van der Waals surface area contributed by atoms with Crippen molar-refractivity contribution in [1.29, 1.82) is 0 Å². The molecule has 0 amide bonds. The van der Waals surface area contributed by atoms with Gasteiger partial charge in [-0.15, -0.1) is 0 Å². The quantitative estimate of drug-likeness (QED) is 0.645. The minimum atomic E-state index is -4.59. The van der Waals surface area contributed by atoms with Gasteiger partial charge >= 0.3 is 11.9 Å². The molecule has 0 fully saturated rings. The number of aromatic amines is 2. The Hall–Kier alpha value is -2.70. The fraction of sp³-hybridized carbons (Fsp3) is 0.0714. The number of alkyl halides is 3. The van der Waals surface area contributed by atoms with Crippen LogP contribution >= 0.6 is 0 Å². The maximum absolute atomic E-state index is 13.1. The first kappa shape index (κ1) is 13.3. The normalized spacial score (nSPS) is 12.0. The monoisotopic (exact) mass is 294 g/mol. The van der Waals surface area contributed by atoms with Gasteiger partial charge in [0.1, 0.15) is 5.75 Å². The predicted octanol–water partition coefficient (Wildman–Crippen LogP) is 3.25. The lowest BCUT2D eigenvalue weighted by Crippen LogP contribution is -2.07. The van der Waals surface area contributed by atoms with Crippen LogP contribution in [0, 0.1) is 0 Å². The number of phenolic OH excluding ortho intramolecular Hbond substituents is 1. The molecule has 7 heteroatoms. The largest absolute Gasteiger partial charge is 0.507 e. The summed E-state index contributed by atoms with van der Waals surface area (Å²) in [6.07, 6.45) is -4.59. The second-order valence-corrected chi connectivity index (χ2v) is 4.54. The number of H-pyrrole nitrogens is 2. The molecule has 0 atom stereocenters. The van der Waals surface area contributed by atoms with Crippen molar-refractivity contribution in [3.05, 3.63) is 52.4 Å². The number of fused-ring (bicyclic) bond motifs is 1. The predicted molar refractivity (Wildman–Crippen MR) is 71.0 cm³/mol. The molecule has 108 valence electrons. The molecule has 0 aliphatic heterocycles. The van der Waals surface area contributed by atoms with Crippen LogP contribution in [0.15, 0.2) is 41.2 Å². The average Bonchev–Trinajstić information content (AvgIpc) is 2.76. The van der Waals surface area contributed by atoms with Crippen molar-refractivity contribution in [1.82, 2.24) is 9.97 Å². The highest BCUT2D eigenvalue weighted by molar-refractivity contribution is 5.84. The number of aromatic hydroxyl groups is 1. The van der Waals surface area contributed by atoms with Crippen LogP contribution in [0.2, 0.25) is 0 Å². The molecule has 0 radical (unpaired) electrons. The number of halogens is 3. The SMILES string of the molecule is O=c1[nH]c2ccc(-c3c(O)cccc3C(F)(F)F)cc2[nH]1. The molecule has 0 unspecified atom stereocenters. The van der Waals surface area contributed by atoms with Crippen molar-refractivity contribution in [3.63, 3.8) is 0 Å². The van der Waals surface area contributed by atoms with E-state index < -0.39 is 23.2 Å². The molecule has 3 aromatic rings. The highest BCUT2D eigenvalue weighted by atomic mass is 19.4. The van der Waals surface area contributed by atoms with E-state index in [0.717, 1.165) is 12.1 Å². The van der Waals surface area contributed by atoms with E-state index in [1.54, 1.807) is 0 Å². The number of hydrogen-bond acceptors (Lipinski definition) is 2. The van der Waals surface area contributed by atoms with Gasteiger partial charge < -0.3 is 15.1 Å². The van der Waals surface area contributed by atoms with Gasteiger partial charge in [-0.25, -0.2) is 4.79 Å². The number of aromatic nitrogens is 2. The molecule has 0 saturated carbocycles. The lowest BCUT2D eigenvalue weighted by molar-refractivity contribution is -0.137. The van der Waals surface area contributed by atoms with E-state index in [1.807, 2.05) is 0 Å². The van der Waals surface area contributed by atoms with Crippen molar-refractivity contribution in [2.75, 3.05) is 0 Å². The summed E-state index contributed by atoms with van der Waals surface area (Å²) in [5.74, 6) is -0.470. The Bertz CT molecular complexity index is 878. The molecular formula is C14H9F3N2O2. The standard InChI is InChI=1S/C14H9F3N2O2/c15-14(16,17)8-2-1-3-11(20)12(8)7-4-5-9-10(6-7)19-13(21)18-9/h1-6,20H,(H2,18,19,21). The van der Waals surface area contributed by atoms with Crippen molar-refractivity contribution >= 4 is 11.0 Å². The molecule has 1 heterocycles. The summed E-state index contributed by atoms with van der Waals surface area (Å²) >= 11 is 0. The number of hydrogen-bond donors (Lipinski definition) is 3. The highest BCUT2D eigenvalue weighted by Crippen LogP contribution is 2.41. The third-order valence-corrected chi connectivity index (χ3v) is 3.15. The number of rotatable bonds is 1. The van der Waals surface area contributed by atoms with Crippen LogP contribution in [-0.2, 0) is 6.18 Å². The zero-order valence-corrected chi connectivity index (χ0v) is 10.5. The Labute approximate surface area is 115 Å². The van der Waals surface area contributed by atoms with Crippen LogP contribution in [0.1, 0.15) is 5.56 Å². The molecule has 1 aromatic heterocycles. The van der Waals surface area contributed by atoms with Crippen molar-refractivity contribution in [2.24, 2.45) is 0 Å². The van der Waals surface area contributed by atoms with E-state index in [4.69, 9.17) is 0 Å². The van der Waals surface area contributed by atoms with E-state index in [2.05, 4.69) is 9.97 Å². The average molecular weight is 294 g/mol. The first-order chi connectivity index (χ1) is 9.86. The number of benzene rings is 2. The van der Waals surface area contributed by atoms with E-state index in [0.29, 0.717) is 11.0 Å². The van der Waals surface area contributed by atoms with Gasteiger partial charge in [0.2, 0.25) is 0 Å².